The number of nitrogens with one attached hydrogen (secondary N) is 1. The van der Waals surface area contributed by atoms with Gasteiger partial charge in [0.15, 0.2) is 0 Å². The molecule has 2 amide bonds. The Kier molecular flexibility index (Phi) is 11.5. The average Bonchev–Trinajstić information content (AvgIpc) is 2.93. The van der Waals surface area contributed by atoms with Gasteiger partial charge in [0.25, 0.3) is 0 Å². The highest BCUT2D eigenvalue weighted by molar-refractivity contribution is 7.92. The first-order valence-electron chi connectivity index (χ1n) is 13.1. The van der Waals surface area contributed by atoms with Crippen molar-refractivity contribution < 1.29 is 22.7 Å². The molecule has 1 N–H and O–H groups in total. The van der Waals surface area contributed by atoms with Crippen LogP contribution in [0.5, 0.6) is 5.75 Å². The Labute approximate surface area is 252 Å². The van der Waals surface area contributed by atoms with Crippen LogP contribution in [0.2, 0.25) is 10.0 Å². The van der Waals surface area contributed by atoms with E-state index in [9.17, 15) is 18.0 Å². The molecule has 0 spiro atoms. The molecule has 0 bridgehead atoms. The van der Waals surface area contributed by atoms with Gasteiger partial charge in [-0.15, -0.1) is 0 Å². The third-order valence-electron chi connectivity index (χ3n) is 6.33. The predicted molar refractivity (Wildman–Crippen MR) is 164 cm³/mol. The first kappa shape index (κ1) is 32.2. The molecular weight excluding hydrogens is 585 g/mol. The molecule has 8 nitrogen and oxygen atoms in total. The number of amides is 2. The summed E-state index contributed by atoms with van der Waals surface area (Å²) in [5, 5.41) is 3.69. The fourth-order valence-electron chi connectivity index (χ4n) is 4.19. The van der Waals surface area contributed by atoms with E-state index in [1.54, 1.807) is 36.4 Å². The third-order valence-corrected chi connectivity index (χ3v) is 8.06. The maximum absolute atomic E-state index is 14.1. The SMILES string of the molecule is COc1cccc(N(CC(=O)N(Cc2ccc(Cl)cc2Cl)[C@H](Cc2ccccc2)C(=O)NCC(C)C)S(C)(=O)=O)c1. The van der Waals surface area contributed by atoms with Crippen molar-refractivity contribution in [1.29, 1.82) is 0 Å². The largest absolute Gasteiger partial charge is 0.497 e. The molecular formula is C30H35Cl2N3O5S. The zero-order chi connectivity index (χ0) is 30.2. The van der Waals surface area contributed by atoms with Crippen molar-refractivity contribution in [3.8, 4) is 5.75 Å². The normalized spacial score (nSPS) is 12.1. The van der Waals surface area contributed by atoms with Gasteiger partial charge in [-0.25, -0.2) is 8.42 Å². The van der Waals surface area contributed by atoms with Crippen LogP contribution in [0.1, 0.15) is 25.0 Å². The van der Waals surface area contributed by atoms with Crippen LogP contribution in [0.4, 0.5) is 5.69 Å². The van der Waals surface area contributed by atoms with Crippen molar-refractivity contribution in [3.63, 3.8) is 0 Å². The van der Waals surface area contributed by atoms with E-state index in [0.717, 1.165) is 16.1 Å². The lowest BCUT2D eigenvalue weighted by molar-refractivity contribution is -0.140. The number of nitrogens with zero attached hydrogens (tertiary/aromatic N) is 2. The van der Waals surface area contributed by atoms with Crippen LogP contribution in [0, 0.1) is 5.92 Å². The van der Waals surface area contributed by atoms with Crippen molar-refractivity contribution in [1.82, 2.24) is 10.2 Å². The highest BCUT2D eigenvalue weighted by Crippen LogP contribution is 2.26. The van der Waals surface area contributed by atoms with Gasteiger partial charge in [-0.05, 0) is 41.3 Å². The minimum absolute atomic E-state index is 0.0445. The van der Waals surface area contributed by atoms with Crippen molar-refractivity contribution in [2.24, 2.45) is 5.92 Å². The fraction of sp³-hybridized carbons (Fsp3) is 0.333. The number of halogens is 2. The van der Waals surface area contributed by atoms with Gasteiger partial charge >= 0.3 is 0 Å². The fourth-order valence-corrected chi connectivity index (χ4v) is 5.50. The first-order valence-corrected chi connectivity index (χ1v) is 15.7. The summed E-state index contributed by atoms with van der Waals surface area (Å²) in [4.78, 5) is 29.2. The summed E-state index contributed by atoms with van der Waals surface area (Å²) in [6.45, 7) is 3.77. The van der Waals surface area contributed by atoms with Gasteiger partial charge < -0.3 is 15.0 Å². The first-order chi connectivity index (χ1) is 19.4. The Balaban J connectivity index is 2.08. The second-order valence-corrected chi connectivity index (χ2v) is 12.8. The summed E-state index contributed by atoms with van der Waals surface area (Å²) >= 11 is 12.6. The van der Waals surface area contributed by atoms with Crippen molar-refractivity contribution in [3.05, 3.63) is 94.0 Å². The van der Waals surface area contributed by atoms with Gasteiger partial charge in [0.05, 0.1) is 19.1 Å². The van der Waals surface area contributed by atoms with Gasteiger partial charge in [-0.2, -0.15) is 0 Å². The molecule has 1 atom stereocenters. The van der Waals surface area contributed by atoms with Crippen LogP contribution in [-0.4, -0.2) is 57.6 Å². The summed E-state index contributed by atoms with van der Waals surface area (Å²) in [5.41, 5.74) is 1.66. The highest BCUT2D eigenvalue weighted by Gasteiger charge is 2.33. The molecule has 0 aliphatic rings. The number of carbonyl (C=O) groups excluding carboxylic acids is 2. The minimum atomic E-state index is -3.90. The minimum Gasteiger partial charge on any atom is -0.497 e. The quantitative estimate of drug-likeness (QED) is 0.284. The van der Waals surface area contributed by atoms with E-state index in [2.05, 4.69) is 5.32 Å². The molecule has 0 heterocycles. The van der Waals surface area contributed by atoms with E-state index in [1.165, 1.54) is 18.1 Å². The van der Waals surface area contributed by atoms with Gasteiger partial charge in [0, 0.05) is 35.6 Å². The number of anilines is 1. The van der Waals surface area contributed by atoms with Gasteiger partial charge in [-0.3, -0.25) is 13.9 Å². The van der Waals surface area contributed by atoms with Crippen LogP contribution in [0.25, 0.3) is 0 Å². The smallest absolute Gasteiger partial charge is 0.244 e. The van der Waals surface area contributed by atoms with Gasteiger partial charge in [-0.1, -0.05) is 79.5 Å². The Morgan fingerprint density at radius 3 is 2.29 bits per heavy atom. The van der Waals surface area contributed by atoms with Crippen LogP contribution >= 0.6 is 23.2 Å². The third kappa shape index (κ3) is 9.38. The average molecular weight is 621 g/mol. The molecule has 0 fully saturated rings. The molecule has 0 saturated heterocycles. The molecule has 41 heavy (non-hydrogen) atoms. The maximum Gasteiger partial charge on any atom is 0.244 e. The van der Waals surface area contributed by atoms with E-state index < -0.39 is 28.5 Å². The lowest BCUT2D eigenvalue weighted by atomic mass is 10.0. The van der Waals surface area contributed by atoms with Crippen LogP contribution in [0.15, 0.2) is 72.8 Å². The predicted octanol–water partition coefficient (Wildman–Crippen LogP) is 5.18. The summed E-state index contributed by atoms with van der Waals surface area (Å²) in [5.74, 6) is -0.318. The molecule has 11 heteroatoms. The molecule has 220 valence electrons. The molecule has 0 aromatic heterocycles. The van der Waals surface area contributed by atoms with Crippen molar-refractivity contribution >= 4 is 50.7 Å². The summed E-state index contributed by atoms with van der Waals surface area (Å²) in [6.07, 6.45) is 1.23. The molecule has 3 aromatic carbocycles. The lowest BCUT2D eigenvalue weighted by Crippen LogP contribution is -2.53. The number of benzene rings is 3. The van der Waals surface area contributed by atoms with E-state index in [0.29, 0.717) is 27.9 Å². The Bertz CT molecular complexity index is 1450. The summed E-state index contributed by atoms with van der Waals surface area (Å²) in [6, 6.07) is 19.7. The van der Waals surface area contributed by atoms with Crippen LogP contribution < -0.4 is 14.4 Å². The summed E-state index contributed by atoms with van der Waals surface area (Å²) < 4.78 is 32.1. The highest BCUT2D eigenvalue weighted by atomic mass is 35.5. The molecule has 0 aliphatic carbocycles. The number of ether oxygens (including phenoxy) is 1. The summed E-state index contributed by atoms with van der Waals surface area (Å²) in [7, 11) is -2.43. The number of carbonyl (C=O) groups is 2. The lowest BCUT2D eigenvalue weighted by Gasteiger charge is -2.34. The Morgan fingerprint density at radius 2 is 1.68 bits per heavy atom. The monoisotopic (exact) mass is 619 g/mol. The van der Waals surface area contributed by atoms with Crippen molar-refractivity contribution in [2.45, 2.75) is 32.9 Å². The maximum atomic E-state index is 14.1. The molecule has 3 rings (SSSR count). The number of hydrogen-bond acceptors (Lipinski definition) is 5. The number of hydrogen-bond donors (Lipinski definition) is 1. The van der Waals surface area contributed by atoms with Crippen LogP contribution in [0.3, 0.4) is 0 Å². The van der Waals surface area contributed by atoms with E-state index >= 15 is 0 Å². The number of methoxy groups -OCH3 is 1. The van der Waals surface area contributed by atoms with E-state index in [-0.39, 0.29) is 30.5 Å². The Hall–Kier alpha value is -3.27. The zero-order valence-electron chi connectivity index (χ0n) is 23.5. The van der Waals surface area contributed by atoms with E-state index in [4.69, 9.17) is 27.9 Å². The molecule has 0 saturated carbocycles. The topological polar surface area (TPSA) is 96.0 Å². The standard InChI is InChI=1S/C30H35Cl2N3O5S/c1-21(2)18-33-30(37)28(15-22-9-6-5-7-10-22)34(19-23-13-14-24(31)16-27(23)32)29(36)20-35(41(4,38)39)25-11-8-12-26(17-25)40-3/h5-14,16-17,21,28H,15,18-20H2,1-4H3,(H,33,37)/t28-/m1/s1. The molecule has 3 aromatic rings. The van der Waals surface area contributed by atoms with Gasteiger partial charge in [0.1, 0.15) is 18.3 Å². The van der Waals surface area contributed by atoms with Crippen LogP contribution in [-0.2, 0) is 32.6 Å². The van der Waals surface area contributed by atoms with Gasteiger partial charge in [0.2, 0.25) is 21.8 Å². The second kappa shape index (κ2) is 14.6. The van der Waals surface area contributed by atoms with E-state index in [1.807, 2.05) is 44.2 Å². The van der Waals surface area contributed by atoms with Crippen molar-refractivity contribution in [2.75, 3.05) is 30.8 Å². The zero-order valence-corrected chi connectivity index (χ0v) is 25.8. The molecule has 0 aliphatic heterocycles. The molecule has 0 unspecified atom stereocenters. The Morgan fingerprint density at radius 1 is 0.976 bits per heavy atom. The number of rotatable bonds is 13. The number of sulfonamides is 1. The molecule has 0 radical (unpaired) electrons. The second-order valence-electron chi connectivity index (χ2n) is 10.1.